The molecule has 1 fully saturated rings. The first kappa shape index (κ1) is 18.5. The first-order chi connectivity index (χ1) is 15.2. The van der Waals surface area contributed by atoms with Crippen molar-refractivity contribution in [2.45, 2.75) is 44.1 Å². The molecule has 1 aliphatic carbocycles. The van der Waals surface area contributed by atoms with E-state index in [4.69, 9.17) is 4.98 Å². The molecule has 1 aromatic carbocycles. The van der Waals surface area contributed by atoms with Gasteiger partial charge in [0.1, 0.15) is 30.3 Å². The first-order valence-corrected chi connectivity index (χ1v) is 10.6. The van der Waals surface area contributed by atoms with Crippen LogP contribution in [0.25, 0.3) is 21.9 Å². The van der Waals surface area contributed by atoms with E-state index in [1.165, 1.54) is 11.9 Å². The summed E-state index contributed by atoms with van der Waals surface area (Å²) in [4.78, 5) is 13.1. The Morgan fingerprint density at radius 1 is 1.06 bits per heavy atom. The smallest absolute Gasteiger partial charge is 0.143 e. The second-order valence-corrected chi connectivity index (χ2v) is 8.49. The lowest BCUT2D eigenvalue weighted by Crippen LogP contribution is -2.29. The minimum absolute atomic E-state index is 0.0144. The molecule has 2 N–H and O–H groups in total. The van der Waals surface area contributed by atoms with E-state index in [9.17, 15) is 10.2 Å². The normalized spacial score (nSPS) is 25.0. The van der Waals surface area contributed by atoms with Crippen LogP contribution in [0.2, 0.25) is 0 Å². The van der Waals surface area contributed by atoms with Crippen molar-refractivity contribution in [1.29, 1.82) is 0 Å². The molecule has 6 rings (SSSR count). The number of azo groups is 1. The van der Waals surface area contributed by atoms with Gasteiger partial charge >= 0.3 is 0 Å². The maximum atomic E-state index is 10.7. The van der Waals surface area contributed by atoms with Crippen LogP contribution in [0, 0.1) is 5.92 Å². The Balaban J connectivity index is 1.20. The molecule has 1 aliphatic heterocycles. The lowest BCUT2D eigenvalue weighted by atomic mass is 9.95. The SMILES string of the molecule is O[C@@H]1[C@@H](CCc2ccc3cc4c(nc3c2)CN=N4)C[C@@H](n2ccc3cncnc32)[C@@H]1O. The highest BCUT2D eigenvalue weighted by molar-refractivity contribution is 5.83. The Morgan fingerprint density at radius 3 is 2.94 bits per heavy atom. The van der Waals surface area contributed by atoms with E-state index in [1.807, 2.05) is 22.9 Å². The average molecular weight is 414 g/mol. The van der Waals surface area contributed by atoms with Crippen LogP contribution in [-0.2, 0) is 13.0 Å². The number of hydrogen-bond donors (Lipinski definition) is 2. The summed E-state index contributed by atoms with van der Waals surface area (Å²) in [6.07, 6.45) is 5.95. The highest BCUT2D eigenvalue weighted by Gasteiger charge is 2.42. The summed E-state index contributed by atoms with van der Waals surface area (Å²) in [6.45, 7) is 0.544. The standard InChI is InChI=1S/C23H22N6O2/c30-21-15(9-20(22(21)31)29-6-5-16-10-24-12-25-23(16)29)4-2-13-1-3-14-8-18-19(11-26-28-18)27-17(14)7-13/h1,3,5-8,10,12,15,20-22,30-31H,2,4,9,11H2/t15-,20+,21+,22-/m0/s1. The largest absolute Gasteiger partial charge is 0.390 e. The Kier molecular flexibility index (Phi) is 4.29. The number of benzene rings is 1. The van der Waals surface area contributed by atoms with Crippen LogP contribution in [0.15, 0.2) is 59.3 Å². The minimum Gasteiger partial charge on any atom is -0.390 e. The third-order valence-corrected chi connectivity index (χ3v) is 6.65. The molecule has 2 aliphatic rings. The van der Waals surface area contributed by atoms with E-state index >= 15 is 0 Å². The van der Waals surface area contributed by atoms with Gasteiger partial charge in [0.2, 0.25) is 0 Å². The number of fused-ring (bicyclic) bond motifs is 3. The molecular weight excluding hydrogens is 392 g/mol. The quantitative estimate of drug-likeness (QED) is 0.531. The van der Waals surface area contributed by atoms with E-state index in [0.29, 0.717) is 13.0 Å². The summed E-state index contributed by atoms with van der Waals surface area (Å²) >= 11 is 0. The molecule has 4 atom stereocenters. The fourth-order valence-electron chi connectivity index (χ4n) is 4.96. The highest BCUT2D eigenvalue weighted by atomic mass is 16.3. The summed E-state index contributed by atoms with van der Waals surface area (Å²) in [5.74, 6) is 0.0144. The molecule has 8 heteroatoms. The van der Waals surface area contributed by atoms with Crippen LogP contribution >= 0.6 is 0 Å². The first-order valence-electron chi connectivity index (χ1n) is 10.6. The predicted octanol–water partition coefficient (Wildman–Crippen LogP) is 3.49. The average Bonchev–Trinajstić information content (AvgIpc) is 3.49. The van der Waals surface area contributed by atoms with Crippen molar-refractivity contribution in [3.05, 3.63) is 60.3 Å². The molecule has 0 radical (unpaired) electrons. The fraction of sp³-hybridized carbons (Fsp3) is 0.348. The zero-order chi connectivity index (χ0) is 20.9. The molecule has 4 heterocycles. The van der Waals surface area contributed by atoms with E-state index in [1.54, 1.807) is 6.20 Å². The van der Waals surface area contributed by atoms with Crippen LogP contribution in [0.1, 0.15) is 30.1 Å². The van der Waals surface area contributed by atoms with Crippen LogP contribution in [-0.4, -0.2) is 41.9 Å². The van der Waals surface area contributed by atoms with Crippen LogP contribution in [0.3, 0.4) is 0 Å². The van der Waals surface area contributed by atoms with Crippen molar-refractivity contribution >= 4 is 27.6 Å². The number of hydrogen-bond acceptors (Lipinski definition) is 7. The molecule has 4 aromatic rings. The maximum absolute atomic E-state index is 10.7. The third kappa shape index (κ3) is 3.10. The van der Waals surface area contributed by atoms with Gasteiger partial charge < -0.3 is 14.8 Å². The van der Waals surface area contributed by atoms with Gasteiger partial charge in [-0.25, -0.2) is 15.0 Å². The van der Waals surface area contributed by atoms with Gasteiger partial charge in [0, 0.05) is 23.2 Å². The molecule has 1 saturated carbocycles. The Morgan fingerprint density at radius 2 is 2.00 bits per heavy atom. The molecule has 8 nitrogen and oxygen atoms in total. The molecule has 0 unspecified atom stereocenters. The zero-order valence-electron chi connectivity index (χ0n) is 16.8. The molecule has 0 amide bonds. The number of pyridine rings is 1. The molecule has 156 valence electrons. The number of aliphatic hydroxyl groups is 2. The van der Waals surface area contributed by atoms with Gasteiger partial charge in [-0.15, -0.1) is 0 Å². The van der Waals surface area contributed by atoms with Crippen molar-refractivity contribution < 1.29 is 10.2 Å². The molecule has 0 bridgehead atoms. The molecule has 0 spiro atoms. The number of aromatic nitrogens is 4. The number of aryl methyl sites for hydroxylation is 1. The van der Waals surface area contributed by atoms with Gasteiger partial charge in [0.05, 0.1) is 23.4 Å². The second kappa shape index (κ2) is 7.18. The van der Waals surface area contributed by atoms with Crippen molar-refractivity contribution in [3.8, 4) is 0 Å². The molecule has 0 saturated heterocycles. The summed E-state index contributed by atoms with van der Waals surface area (Å²) in [5.41, 5.74) is 4.70. The van der Waals surface area contributed by atoms with Gasteiger partial charge in [0.15, 0.2) is 0 Å². The molecule has 31 heavy (non-hydrogen) atoms. The summed E-state index contributed by atoms with van der Waals surface area (Å²) in [7, 11) is 0. The zero-order valence-corrected chi connectivity index (χ0v) is 16.8. The van der Waals surface area contributed by atoms with E-state index < -0.39 is 12.2 Å². The monoisotopic (exact) mass is 414 g/mol. The number of nitrogens with zero attached hydrogens (tertiary/aromatic N) is 6. The Hall–Kier alpha value is -3.23. The molecule has 3 aromatic heterocycles. The van der Waals surface area contributed by atoms with Crippen molar-refractivity contribution in [2.75, 3.05) is 0 Å². The third-order valence-electron chi connectivity index (χ3n) is 6.65. The minimum atomic E-state index is -0.816. The van der Waals surface area contributed by atoms with Gasteiger partial charge in [-0.1, -0.05) is 12.1 Å². The summed E-state index contributed by atoms with van der Waals surface area (Å²) in [5, 5.41) is 31.6. The second-order valence-electron chi connectivity index (χ2n) is 8.49. The topological polar surface area (TPSA) is 109 Å². The molecular formula is C23H22N6O2. The van der Waals surface area contributed by atoms with Crippen molar-refractivity contribution in [1.82, 2.24) is 19.5 Å². The van der Waals surface area contributed by atoms with Gasteiger partial charge in [0.25, 0.3) is 0 Å². The highest BCUT2D eigenvalue weighted by Crippen LogP contribution is 2.39. The van der Waals surface area contributed by atoms with Crippen molar-refractivity contribution in [3.63, 3.8) is 0 Å². The van der Waals surface area contributed by atoms with E-state index in [-0.39, 0.29) is 12.0 Å². The lowest BCUT2D eigenvalue weighted by molar-refractivity contribution is 0.00545. The predicted molar refractivity (Wildman–Crippen MR) is 115 cm³/mol. The summed E-state index contributed by atoms with van der Waals surface area (Å²) in [6, 6.07) is 10.1. The fourth-order valence-corrected chi connectivity index (χ4v) is 4.96. The van der Waals surface area contributed by atoms with E-state index in [2.05, 4.69) is 38.4 Å². The Labute approximate surface area is 178 Å². The van der Waals surface area contributed by atoms with Gasteiger partial charge in [-0.05, 0) is 48.9 Å². The Bertz CT molecular complexity index is 1320. The number of rotatable bonds is 4. The summed E-state index contributed by atoms with van der Waals surface area (Å²) < 4.78 is 1.97. The van der Waals surface area contributed by atoms with Gasteiger partial charge in [-0.3, -0.25) is 0 Å². The van der Waals surface area contributed by atoms with Crippen LogP contribution in [0.5, 0.6) is 0 Å². The maximum Gasteiger partial charge on any atom is 0.143 e. The lowest BCUT2D eigenvalue weighted by Gasteiger charge is -2.18. The van der Waals surface area contributed by atoms with Crippen LogP contribution in [0.4, 0.5) is 5.69 Å². The van der Waals surface area contributed by atoms with Crippen molar-refractivity contribution in [2.24, 2.45) is 16.1 Å². The number of aliphatic hydroxyl groups excluding tert-OH is 2. The van der Waals surface area contributed by atoms with E-state index in [0.717, 1.165) is 46.2 Å². The van der Waals surface area contributed by atoms with Crippen LogP contribution < -0.4 is 0 Å². The van der Waals surface area contributed by atoms with Gasteiger partial charge in [-0.2, -0.15) is 10.2 Å².